The lowest BCUT2D eigenvalue weighted by Gasteiger charge is -2.08. The Kier molecular flexibility index (Phi) is 3.36. The first-order chi connectivity index (χ1) is 7.68. The SMILES string of the molecule is C[C@H](O)CSc1ccc(O)c2ccccc12. The van der Waals surface area contributed by atoms with E-state index in [2.05, 4.69) is 0 Å². The average Bonchev–Trinajstić information content (AvgIpc) is 2.28. The first-order valence-electron chi connectivity index (χ1n) is 5.20. The summed E-state index contributed by atoms with van der Waals surface area (Å²) in [7, 11) is 0. The standard InChI is InChI=1S/C13H14O2S/c1-9(14)8-16-13-7-6-12(15)10-4-2-3-5-11(10)13/h2-7,9,14-15H,8H2,1H3/t9-/m0/s1. The van der Waals surface area contributed by atoms with Crippen LogP contribution in [0.15, 0.2) is 41.3 Å². The molecule has 0 saturated heterocycles. The van der Waals surface area contributed by atoms with E-state index in [1.807, 2.05) is 30.3 Å². The molecule has 0 aliphatic carbocycles. The normalized spacial score (nSPS) is 12.9. The number of benzene rings is 2. The Morgan fingerprint density at radius 2 is 1.81 bits per heavy atom. The van der Waals surface area contributed by atoms with E-state index >= 15 is 0 Å². The highest BCUT2D eigenvalue weighted by molar-refractivity contribution is 7.99. The van der Waals surface area contributed by atoms with Crippen LogP contribution in [0.5, 0.6) is 5.75 Å². The summed E-state index contributed by atoms with van der Waals surface area (Å²) >= 11 is 1.61. The number of phenols is 1. The number of phenolic OH excluding ortho intramolecular Hbond substituents is 1. The smallest absolute Gasteiger partial charge is 0.123 e. The van der Waals surface area contributed by atoms with Crippen LogP contribution >= 0.6 is 11.8 Å². The molecular weight excluding hydrogens is 220 g/mol. The Bertz CT molecular complexity index is 494. The summed E-state index contributed by atoms with van der Waals surface area (Å²) in [4.78, 5) is 1.09. The van der Waals surface area contributed by atoms with Crippen molar-refractivity contribution in [1.82, 2.24) is 0 Å². The van der Waals surface area contributed by atoms with Gasteiger partial charge < -0.3 is 10.2 Å². The summed E-state index contributed by atoms with van der Waals surface area (Å²) < 4.78 is 0. The van der Waals surface area contributed by atoms with Gasteiger partial charge in [-0.05, 0) is 24.4 Å². The molecule has 0 radical (unpaired) electrons. The lowest BCUT2D eigenvalue weighted by atomic mass is 10.1. The van der Waals surface area contributed by atoms with E-state index < -0.39 is 0 Å². The summed E-state index contributed by atoms with van der Waals surface area (Å²) in [6, 6.07) is 11.3. The fourth-order valence-electron chi connectivity index (χ4n) is 1.59. The minimum absolute atomic E-state index is 0.303. The monoisotopic (exact) mass is 234 g/mol. The van der Waals surface area contributed by atoms with Gasteiger partial charge in [0, 0.05) is 16.0 Å². The zero-order valence-electron chi connectivity index (χ0n) is 9.05. The molecule has 0 bridgehead atoms. The maximum atomic E-state index is 9.71. The van der Waals surface area contributed by atoms with E-state index in [-0.39, 0.29) is 6.10 Å². The third-order valence-electron chi connectivity index (χ3n) is 2.34. The van der Waals surface area contributed by atoms with Crippen molar-refractivity contribution in [1.29, 1.82) is 0 Å². The van der Waals surface area contributed by atoms with Crippen LogP contribution in [-0.2, 0) is 0 Å². The Morgan fingerprint density at radius 3 is 2.50 bits per heavy atom. The zero-order valence-corrected chi connectivity index (χ0v) is 9.87. The third-order valence-corrected chi connectivity index (χ3v) is 3.66. The third kappa shape index (κ3) is 2.31. The molecule has 0 unspecified atom stereocenters. The number of aromatic hydroxyl groups is 1. The van der Waals surface area contributed by atoms with Crippen molar-refractivity contribution in [2.24, 2.45) is 0 Å². The number of hydrogen-bond acceptors (Lipinski definition) is 3. The topological polar surface area (TPSA) is 40.5 Å². The molecule has 1 atom stereocenters. The maximum Gasteiger partial charge on any atom is 0.123 e. The number of aliphatic hydroxyl groups is 1. The van der Waals surface area contributed by atoms with Gasteiger partial charge in [0.15, 0.2) is 0 Å². The van der Waals surface area contributed by atoms with E-state index in [9.17, 15) is 10.2 Å². The van der Waals surface area contributed by atoms with E-state index in [1.165, 1.54) is 0 Å². The van der Waals surface area contributed by atoms with Gasteiger partial charge in [0.1, 0.15) is 5.75 Å². The summed E-state index contributed by atoms with van der Waals surface area (Å²) in [6.45, 7) is 1.77. The van der Waals surface area contributed by atoms with Gasteiger partial charge in [0.25, 0.3) is 0 Å². The van der Waals surface area contributed by atoms with Crippen molar-refractivity contribution in [3.8, 4) is 5.75 Å². The number of aliphatic hydroxyl groups excluding tert-OH is 1. The van der Waals surface area contributed by atoms with E-state index in [1.54, 1.807) is 24.8 Å². The molecule has 0 aliphatic heterocycles. The Balaban J connectivity index is 2.42. The van der Waals surface area contributed by atoms with Gasteiger partial charge in [-0.15, -0.1) is 11.8 Å². The minimum atomic E-state index is -0.322. The lowest BCUT2D eigenvalue weighted by Crippen LogP contribution is -2.02. The molecule has 3 heteroatoms. The fraction of sp³-hybridized carbons (Fsp3) is 0.231. The molecule has 0 amide bonds. The molecule has 2 nitrogen and oxygen atoms in total. The second-order valence-electron chi connectivity index (χ2n) is 3.79. The minimum Gasteiger partial charge on any atom is -0.507 e. The largest absolute Gasteiger partial charge is 0.507 e. The van der Waals surface area contributed by atoms with Crippen molar-refractivity contribution in [3.05, 3.63) is 36.4 Å². The summed E-state index contributed by atoms with van der Waals surface area (Å²) in [5.41, 5.74) is 0. The summed E-state index contributed by atoms with van der Waals surface area (Å²) in [5.74, 6) is 0.964. The van der Waals surface area contributed by atoms with Gasteiger partial charge in [-0.1, -0.05) is 24.3 Å². The van der Waals surface area contributed by atoms with Crippen LogP contribution in [0.3, 0.4) is 0 Å². The second-order valence-corrected chi connectivity index (χ2v) is 4.85. The number of hydrogen-bond donors (Lipinski definition) is 2. The van der Waals surface area contributed by atoms with Crippen LogP contribution in [0.25, 0.3) is 10.8 Å². The first kappa shape index (κ1) is 11.3. The quantitative estimate of drug-likeness (QED) is 0.802. The highest BCUT2D eigenvalue weighted by atomic mass is 32.2. The zero-order chi connectivity index (χ0) is 11.5. The van der Waals surface area contributed by atoms with E-state index in [0.717, 1.165) is 15.7 Å². The molecule has 2 aromatic rings. The van der Waals surface area contributed by atoms with Gasteiger partial charge in [-0.2, -0.15) is 0 Å². The molecule has 0 fully saturated rings. The van der Waals surface area contributed by atoms with Crippen LogP contribution in [0, 0.1) is 0 Å². The number of fused-ring (bicyclic) bond motifs is 1. The molecule has 16 heavy (non-hydrogen) atoms. The second kappa shape index (κ2) is 4.76. The van der Waals surface area contributed by atoms with Crippen molar-refractivity contribution in [3.63, 3.8) is 0 Å². The highest BCUT2D eigenvalue weighted by Crippen LogP contribution is 2.33. The van der Waals surface area contributed by atoms with Crippen molar-refractivity contribution < 1.29 is 10.2 Å². The predicted octanol–water partition coefficient (Wildman–Crippen LogP) is 3.02. The van der Waals surface area contributed by atoms with Crippen LogP contribution in [0.4, 0.5) is 0 Å². The maximum absolute atomic E-state index is 9.71. The summed E-state index contributed by atoms with van der Waals surface area (Å²) in [6.07, 6.45) is -0.322. The molecule has 2 aromatic carbocycles. The Labute approximate surface area is 98.9 Å². The van der Waals surface area contributed by atoms with Gasteiger partial charge in [0.2, 0.25) is 0 Å². The fourth-order valence-corrected chi connectivity index (χ4v) is 2.51. The van der Waals surface area contributed by atoms with E-state index in [4.69, 9.17) is 0 Å². The lowest BCUT2D eigenvalue weighted by molar-refractivity contribution is 0.220. The van der Waals surface area contributed by atoms with Gasteiger partial charge in [-0.25, -0.2) is 0 Å². The molecule has 0 aromatic heterocycles. The molecular formula is C13H14O2S. The van der Waals surface area contributed by atoms with Crippen molar-refractivity contribution in [2.45, 2.75) is 17.9 Å². The van der Waals surface area contributed by atoms with Crippen LogP contribution in [-0.4, -0.2) is 22.1 Å². The van der Waals surface area contributed by atoms with Crippen LogP contribution in [0.1, 0.15) is 6.92 Å². The number of rotatable bonds is 3. The highest BCUT2D eigenvalue weighted by Gasteiger charge is 2.06. The first-order valence-corrected chi connectivity index (χ1v) is 6.18. The van der Waals surface area contributed by atoms with Crippen LogP contribution < -0.4 is 0 Å². The Hall–Kier alpha value is -1.19. The average molecular weight is 234 g/mol. The van der Waals surface area contributed by atoms with Gasteiger partial charge in [-0.3, -0.25) is 0 Å². The molecule has 0 spiro atoms. The van der Waals surface area contributed by atoms with Crippen molar-refractivity contribution in [2.75, 3.05) is 5.75 Å². The van der Waals surface area contributed by atoms with E-state index in [0.29, 0.717) is 11.5 Å². The molecule has 0 saturated carbocycles. The van der Waals surface area contributed by atoms with Crippen LogP contribution in [0.2, 0.25) is 0 Å². The summed E-state index contributed by atoms with van der Waals surface area (Å²) in [5, 5.41) is 20.9. The predicted molar refractivity (Wildman–Crippen MR) is 68.0 cm³/mol. The van der Waals surface area contributed by atoms with Crippen molar-refractivity contribution >= 4 is 22.5 Å². The Morgan fingerprint density at radius 1 is 1.12 bits per heavy atom. The molecule has 2 N–H and O–H groups in total. The van der Waals surface area contributed by atoms with Gasteiger partial charge >= 0.3 is 0 Å². The number of thioether (sulfide) groups is 1. The molecule has 2 rings (SSSR count). The van der Waals surface area contributed by atoms with Gasteiger partial charge in [0.05, 0.1) is 6.10 Å². The molecule has 84 valence electrons. The molecule has 0 aliphatic rings. The molecule has 0 heterocycles.